The summed E-state index contributed by atoms with van der Waals surface area (Å²) in [5.41, 5.74) is 1.21. The molecule has 0 atom stereocenters. The third-order valence-corrected chi connectivity index (χ3v) is 2.02. The molecular formula is C12H14O3. The molecule has 1 aromatic rings. The molecular weight excluding hydrogens is 192 g/mol. The Balaban J connectivity index is 2.57. The number of carboxylic acid groups (broad SMARTS) is 1. The summed E-state index contributed by atoms with van der Waals surface area (Å²) < 4.78 is 5.29. The van der Waals surface area contributed by atoms with Gasteiger partial charge >= 0.3 is 5.97 Å². The predicted molar refractivity (Wildman–Crippen MR) is 58.1 cm³/mol. The number of aryl methyl sites for hydroxylation is 1. The highest BCUT2D eigenvalue weighted by atomic mass is 16.5. The average molecular weight is 206 g/mol. The number of rotatable bonds is 5. The minimum Gasteiger partial charge on any atom is -0.489 e. The van der Waals surface area contributed by atoms with Gasteiger partial charge in [0.2, 0.25) is 0 Å². The van der Waals surface area contributed by atoms with E-state index in [1.54, 1.807) is 6.07 Å². The van der Waals surface area contributed by atoms with Crippen molar-refractivity contribution in [2.75, 3.05) is 6.61 Å². The molecule has 1 N–H and O–H groups in total. The largest absolute Gasteiger partial charge is 0.489 e. The van der Waals surface area contributed by atoms with Crippen LogP contribution in [0.4, 0.5) is 0 Å². The van der Waals surface area contributed by atoms with Crippen LogP contribution in [-0.2, 0) is 11.2 Å². The molecule has 1 rings (SSSR count). The second-order valence-corrected chi connectivity index (χ2v) is 3.20. The highest BCUT2D eigenvalue weighted by Gasteiger charge is 2.04. The molecule has 0 unspecified atom stereocenters. The summed E-state index contributed by atoms with van der Waals surface area (Å²) in [6.07, 6.45) is 0.928. The molecule has 0 aromatic heterocycles. The molecule has 0 saturated carbocycles. The fraction of sp³-hybridized carbons (Fsp3) is 0.250. The molecule has 15 heavy (non-hydrogen) atoms. The Kier molecular flexibility index (Phi) is 3.92. The molecule has 0 aliphatic heterocycles. The van der Waals surface area contributed by atoms with Crippen LogP contribution in [0.3, 0.4) is 0 Å². The van der Waals surface area contributed by atoms with Gasteiger partial charge in [0.05, 0.1) is 5.57 Å². The first kappa shape index (κ1) is 11.3. The van der Waals surface area contributed by atoms with Gasteiger partial charge in [0, 0.05) is 0 Å². The quantitative estimate of drug-likeness (QED) is 0.752. The van der Waals surface area contributed by atoms with E-state index in [1.165, 1.54) is 0 Å². The van der Waals surface area contributed by atoms with Gasteiger partial charge in [-0.15, -0.1) is 0 Å². The number of hydrogen-bond acceptors (Lipinski definition) is 2. The maximum absolute atomic E-state index is 10.5. The van der Waals surface area contributed by atoms with Crippen molar-refractivity contribution in [2.24, 2.45) is 0 Å². The van der Waals surface area contributed by atoms with Crippen LogP contribution in [-0.4, -0.2) is 17.7 Å². The molecule has 0 spiro atoms. The van der Waals surface area contributed by atoms with Crippen molar-refractivity contribution in [3.05, 3.63) is 42.0 Å². The SMILES string of the molecule is C=C(COc1cccc(CC)c1)C(=O)O. The summed E-state index contributed by atoms with van der Waals surface area (Å²) in [6.45, 7) is 5.45. The van der Waals surface area contributed by atoms with Gasteiger partial charge in [0.25, 0.3) is 0 Å². The van der Waals surface area contributed by atoms with Crippen LogP contribution in [0.1, 0.15) is 12.5 Å². The summed E-state index contributed by atoms with van der Waals surface area (Å²) in [6, 6.07) is 7.58. The van der Waals surface area contributed by atoms with Crippen molar-refractivity contribution in [3.8, 4) is 5.75 Å². The Hall–Kier alpha value is -1.77. The highest BCUT2D eigenvalue weighted by molar-refractivity contribution is 5.86. The van der Waals surface area contributed by atoms with E-state index < -0.39 is 5.97 Å². The zero-order valence-corrected chi connectivity index (χ0v) is 8.69. The summed E-state index contributed by atoms with van der Waals surface area (Å²) >= 11 is 0. The first-order valence-electron chi connectivity index (χ1n) is 4.76. The Labute approximate surface area is 89.0 Å². The number of hydrogen-bond donors (Lipinski definition) is 1. The van der Waals surface area contributed by atoms with Gasteiger partial charge in [-0.2, -0.15) is 0 Å². The molecule has 0 radical (unpaired) electrons. The summed E-state index contributed by atoms with van der Waals surface area (Å²) in [4.78, 5) is 10.5. The number of carbonyl (C=O) groups is 1. The maximum atomic E-state index is 10.5. The molecule has 3 heteroatoms. The maximum Gasteiger partial charge on any atom is 0.334 e. The predicted octanol–water partition coefficient (Wildman–Crippen LogP) is 2.27. The summed E-state index contributed by atoms with van der Waals surface area (Å²) in [5, 5.41) is 8.58. The van der Waals surface area contributed by atoms with E-state index in [4.69, 9.17) is 9.84 Å². The van der Waals surface area contributed by atoms with Crippen LogP contribution in [0.2, 0.25) is 0 Å². The molecule has 0 heterocycles. The van der Waals surface area contributed by atoms with E-state index >= 15 is 0 Å². The molecule has 0 aliphatic rings. The molecule has 0 amide bonds. The van der Waals surface area contributed by atoms with E-state index in [-0.39, 0.29) is 12.2 Å². The van der Waals surface area contributed by atoms with Crippen LogP contribution < -0.4 is 4.74 Å². The third-order valence-electron chi connectivity index (χ3n) is 2.02. The lowest BCUT2D eigenvalue weighted by molar-refractivity contribution is -0.133. The second-order valence-electron chi connectivity index (χ2n) is 3.20. The molecule has 0 bridgehead atoms. The zero-order valence-electron chi connectivity index (χ0n) is 8.69. The zero-order chi connectivity index (χ0) is 11.3. The summed E-state index contributed by atoms with van der Waals surface area (Å²) in [7, 11) is 0. The van der Waals surface area contributed by atoms with Crippen molar-refractivity contribution in [2.45, 2.75) is 13.3 Å². The highest BCUT2D eigenvalue weighted by Crippen LogP contribution is 2.14. The first-order chi connectivity index (χ1) is 7.13. The van der Waals surface area contributed by atoms with Gasteiger partial charge in [-0.05, 0) is 24.1 Å². The lowest BCUT2D eigenvalue weighted by atomic mass is 10.2. The van der Waals surface area contributed by atoms with Gasteiger partial charge in [-0.3, -0.25) is 0 Å². The van der Waals surface area contributed by atoms with Crippen molar-refractivity contribution < 1.29 is 14.6 Å². The van der Waals surface area contributed by atoms with Gasteiger partial charge in [0.15, 0.2) is 0 Å². The molecule has 1 aromatic carbocycles. The van der Waals surface area contributed by atoms with Crippen molar-refractivity contribution in [3.63, 3.8) is 0 Å². The Morgan fingerprint density at radius 3 is 2.87 bits per heavy atom. The van der Waals surface area contributed by atoms with E-state index in [2.05, 4.69) is 13.5 Å². The molecule has 0 aliphatic carbocycles. The van der Waals surface area contributed by atoms with E-state index in [0.717, 1.165) is 12.0 Å². The van der Waals surface area contributed by atoms with Gasteiger partial charge in [-0.25, -0.2) is 4.79 Å². The third kappa shape index (κ3) is 3.46. The smallest absolute Gasteiger partial charge is 0.334 e. The monoisotopic (exact) mass is 206 g/mol. The first-order valence-corrected chi connectivity index (χ1v) is 4.76. The minimum atomic E-state index is -1.03. The second kappa shape index (κ2) is 5.20. The molecule has 0 fully saturated rings. The summed E-state index contributed by atoms with van der Waals surface area (Å²) in [5.74, 6) is -0.349. The number of carboxylic acids is 1. The van der Waals surface area contributed by atoms with Crippen LogP contribution in [0.15, 0.2) is 36.4 Å². The molecule has 3 nitrogen and oxygen atoms in total. The van der Waals surface area contributed by atoms with E-state index in [9.17, 15) is 4.79 Å². The Morgan fingerprint density at radius 2 is 2.27 bits per heavy atom. The normalized spacial score (nSPS) is 9.67. The van der Waals surface area contributed by atoms with Gasteiger partial charge < -0.3 is 9.84 Å². The van der Waals surface area contributed by atoms with Crippen LogP contribution in [0.25, 0.3) is 0 Å². The van der Waals surface area contributed by atoms with Gasteiger partial charge in [-0.1, -0.05) is 25.6 Å². The number of ether oxygens (including phenoxy) is 1. The topological polar surface area (TPSA) is 46.5 Å². The lowest BCUT2D eigenvalue weighted by Crippen LogP contribution is -2.08. The van der Waals surface area contributed by atoms with Crippen LogP contribution in [0.5, 0.6) is 5.75 Å². The number of benzene rings is 1. The number of aliphatic carboxylic acids is 1. The van der Waals surface area contributed by atoms with Crippen molar-refractivity contribution >= 4 is 5.97 Å². The van der Waals surface area contributed by atoms with Crippen LogP contribution in [0, 0.1) is 0 Å². The lowest BCUT2D eigenvalue weighted by Gasteiger charge is -2.06. The van der Waals surface area contributed by atoms with Crippen molar-refractivity contribution in [1.29, 1.82) is 0 Å². The van der Waals surface area contributed by atoms with Crippen LogP contribution >= 0.6 is 0 Å². The van der Waals surface area contributed by atoms with Crippen molar-refractivity contribution in [1.82, 2.24) is 0 Å². The van der Waals surface area contributed by atoms with E-state index in [1.807, 2.05) is 18.2 Å². The molecule has 80 valence electrons. The fourth-order valence-corrected chi connectivity index (χ4v) is 1.09. The Morgan fingerprint density at radius 1 is 1.53 bits per heavy atom. The minimum absolute atomic E-state index is 0.0164. The standard InChI is InChI=1S/C12H14O3/c1-3-10-5-4-6-11(7-10)15-8-9(2)12(13)14/h4-7H,2-3,8H2,1H3,(H,13,14). The fourth-order valence-electron chi connectivity index (χ4n) is 1.09. The average Bonchev–Trinajstić information content (AvgIpc) is 2.26. The van der Waals surface area contributed by atoms with E-state index in [0.29, 0.717) is 5.75 Å². The Bertz CT molecular complexity index is 369. The van der Waals surface area contributed by atoms with Gasteiger partial charge in [0.1, 0.15) is 12.4 Å². The molecule has 0 saturated heterocycles.